The van der Waals surface area contributed by atoms with Crippen LogP contribution in [0.3, 0.4) is 0 Å². The Morgan fingerprint density at radius 1 is 1.29 bits per heavy atom. The second-order valence-electron chi connectivity index (χ2n) is 8.16. The Hall–Kier alpha value is -2.91. The molecule has 1 aromatic carbocycles. The third-order valence-corrected chi connectivity index (χ3v) is 5.84. The van der Waals surface area contributed by atoms with E-state index in [0.717, 1.165) is 5.56 Å². The van der Waals surface area contributed by atoms with Crippen LogP contribution in [-0.4, -0.2) is 39.3 Å². The number of carboxylic acid groups (broad SMARTS) is 1. The molecule has 1 aliphatic heterocycles. The van der Waals surface area contributed by atoms with Gasteiger partial charge in [0.2, 0.25) is 0 Å². The predicted molar refractivity (Wildman–Crippen MR) is 105 cm³/mol. The lowest BCUT2D eigenvalue weighted by atomic mass is 9.62. The van der Waals surface area contributed by atoms with Gasteiger partial charge in [0.25, 0.3) is 0 Å². The molecule has 0 aliphatic carbocycles. The van der Waals surface area contributed by atoms with E-state index in [2.05, 4.69) is 24.9 Å². The number of rotatable bonds is 4. The Kier molecular flexibility index (Phi) is 4.90. The summed E-state index contributed by atoms with van der Waals surface area (Å²) in [5, 5.41) is 30.7. The fourth-order valence-electron chi connectivity index (χ4n) is 3.98. The van der Waals surface area contributed by atoms with Gasteiger partial charge in [0.05, 0.1) is 11.3 Å². The van der Waals surface area contributed by atoms with Gasteiger partial charge in [-0.25, -0.2) is 4.79 Å². The van der Waals surface area contributed by atoms with Crippen LogP contribution in [0.25, 0.3) is 0 Å². The Bertz CT molecular complexity index is 940. The first-order valence-electron chi connectivity index (χ1n) is 9.30. The zero-order chi connectivity index (χ0) is 20.7. The van der Waals surface area contributed by atoms with E-state index >= 15 is 0 Å². The van der Waals surface area contributed by atoms with Gasteiger partial charge in [0.1, 0.15) is 11.7 Å². The summed E-state index contributed by atoms with van der Waals surface area (Å²) in [5.74, 6) is 0.357. The topological polar surface area (TPSA) is 97.5 Å². The molecule has 1 aliphatic rings. The normalized spacial score (nSPS) is 17.5. The van der Waals surface area contributed by atoms with Gasteiger partial charge in [-0.1, -0.05) is 45.0 Å². The molecule has 28 heavy (non-hydrogen) atoms. The van der Waals surface area contributed by atoms with Gasteiger partial charge in [-0.3, -0.25) is 4.98 Å². The minimum absolute atomic E-state index is 0.195. The molecule has 1 aromatic heterocycles. The van der Waals surface area contributed by atoms with Crippen LogP contribution in [0.5, 0.6) is 0 Å². The Morgan fingerprint density at radius 3 is 2.39 bits per heavy atom. The first-order valence-corrected chi connectivity index (χ1v) is 9.30. The number of carbonyl (C=O) groups is 1. The summed E-state index contributed by atoms with van der Waals surface area (Å²) in [4.78, 5) is 16.9. The van der Waals surface area contributed by atoms with Gasteiger partial charge in [-0.15, -0.1) is 0 Å². The van der Waals surface area contributed by atoms with Crippen molar-refractivity contribution in [2.24, 2.45) is 5.41 Å². The predicted octanol–water partition coefficient (Wildman–Crippen LogP) is 3.62. The van der Waals surface area contributed by atoms with Crippen LogP contribution in [0.15, 0.2) is 36.5 Å². The maximum Gasteiger partial charge on any atom is 0.407 e. The molecule has 0 radical (unpaired) electrons. The van der Waals surface area contributed by atoms with Crippen LogP contribution in [0.4, 0.5) is 4.79 Å². The van der Waals surface area contributed by atoms with Crippen molar-refractivity contribution in [3.63, 3.8) is 0 Å². The Labute approximate surface area is 165 Å². The molecule has 2 aromatic rings. The highest BCUT2D eigenvalue weighted by Crippen LogP contribution is 2.50. The summed E-state index contributed by atoms with van der Waals surface area (Å²) in [6.07, 6.45) is 0.580. The van der Waals surface area contributed by atoms with Gasteiger partial charge in [0, 0.05) is 30.3 Å². The van der Waals surface area contributed by atoms with E-state index in [1.807, 2.05) is 31.2 Å². The van der Waals surface area contributed by atoms with Crippen molar-refractivity contribution in [2.45, 2.75) is 39.2 Å². The number of hydrogen-bond acceptors (Lipinski definition) is 4. The molecule has 1 amide bonds. The highest BCUT2D eigenvalue weighted by molar-refractivity contribution is 5.67. The zero-order valence-corrected chi connectivity index (χ0v) is 16.6. The maximum atomic E-state index is 12.0. The first kappa shape index (κ1) is 19.8. The highest BCUT2D eigenvalue weighted by Gasteiger charge is 2.57. The number of likely N-dealkylation sites (tertiary alicyclic amines) is 1. The average Bonchev–Trinajstić information content (AvgIpc) is 2.65. The third-order valence-electron chi connectivity index (χ3n) is 5.84. The monoisotopic (exact) mass is 379 g/mol. The molecule has 1 saturated heterocycles. The summed E-state index contributed by atoms with van der Waals surface area (Å²) in [6.45, 7) is 8.20. The first-order chi connectivity index (χ1) is 13.1. The van der Waals surface area contributed by atoms with E-state index in [-0.39, 0.29) is 13.1 Å². The van der Waals surface area contributed by atoms with Gasteiger partial charge in [-0.05, 0) is 30.0 Å². The van der Waals surface area contributed by atoms with E-state index in [1.165, 1.54) is 4.90 Å². The fraction of sp³-hybridized carbons (Fsp3) is 0.409. The number of benzene rings is 1. The summed E-state index contributed by atoms with van der Waals surface area (Å²) in [7, 11) is 0. The second-order valence-corrected chi connectivity index (χ2v) is 8.16. The van der Waals surface area contributed by atoms with Crippen LogP contribution in [0.2, 0.25) is 0 Å². The van der Waals surface area contributed by atoms with E-state index in [9.17, 15) is 20.3 Å². The number of nitriles is 1. The van der Waals surface area contributed by atoms with Crippen LogP contribution in [-0.2, 0) is 5.60 Å². The fourth-order valence-corrected chi connectivity index (χ4v) is 3.98. The smallest absolute Gasteiger partial charge is 0.407 e. The number of aromatic nitrogens is 1. The molecule has 6 nitrogen and oxygen atoms in total. The lowest BCUT2D eigenvalue weighted by molar-refractivity contribution is -0.124. The summed E-state index contributed by atoms with van der Waals surface area (Å²) < 4.78 is 0. The molecule has 0 spiro atoms. The maximum absolute atomic E-state index is 12.0. The lowest BCUT2D eigenvalue weighted by Crippen LogP contribution is -2.66. The molecule has 3 rings (SSSR count). The summed E-state index contributed by atoms with van der Waals surface area (Å²) >= 11 is 0. The van der Waals surface area contributed by atoms with Crippen molar-refractivity contribution >= 4 is 6.09 Å². The number of amides is 1. The molecule has 0 saturated carbocycles. The Balaban J connectivity index is 2.14. The van der Waals surface area contributed by atoms with Gasteiger partial charge >= 0.3 is 6.09 Å². The van der Waals surface area contributed by atoms with E-state index < -0.39 is 17.1 Å². The van der Waals surface area contributed by atoms with Gasteiger partial charge in [0.15, 0.2) is 0 Å². The standard InChI is InChI=1S/C22H25N3O3/c1-14(2)16-5-7-18(8-6-16)22(28,21(4)12-25(13-21)20(26)27)19-9-17(10-23)15(3)24-11-19/h5-9,11,14,28H,12-13H2,1-4H3,(H,26,27)/t22-/m0/s1. The van der Waals surface area contributed by atoms with Gasteiger partial charge < -0.3 is 15.1 Å². The average molecular weight is 379 g/mol. The van der Waals surface area contributed by atoms with Crippen molar-refractivity contribution in [2.75, 3.05) is 13.1 Å². The molecule has 0 bridgehead atoms. The third kappa shape index (κ3) is 3.02. The minimum atomic E-state index is -1.47. The van der Waals surface area contributed by atoms with E-state index in [0.29, 0.717) is 28.3 Å². The van der Waals surface area contributed by atoms with Crippen LogP contribution < -0.4 is 0 Å². The quantitative estimate of drug-likeness (QED) is 0.845. The molecular weight excluding hydrogens is 354 g/mol. The van der Waals surface area contributed by atoms with Gasteiger partial charge in [-0.2, -0.15) is 5.26 Å². The zero-order valence-electron chi connectivity index (χ0n) is 16.6. The van der Waals surface area contributed by atoms with E-state index in [4.69, 9.17) is 0 Å². The van der Waals surface area contributed by atoms with Crippen molar-refractivity contribution in [1.29, 1.82) is 5.26 Å². The van der Waals surface area contributed by atoms with Crippen LogP contribution in [0, 0.1) is 23.7 Å². The largest absolute Gasteiger partial charge is 0.465 e. The summed E-state index contributed by atoms with van der Waals surface area (Å²) in [5.41, 5.74) is 1.09. The van der Waals surface area contributed by atoms with Crippen molar-refractivity contribution in [1.82, 2.24) is 9.88 Å². The number of hydrogen-bond donors (Lipinski definition) is 2. The molecule has 0 unspecified atom stereocenters. The number of pyridine rings is 1. The second kappa shape index (κ2) is 6.92. The van der Waals surface area contributed by atoms with Crippen molar-refractivity contribution in [3.8, 4) is 6.07 Å². The lowest BCUT2D eigenvalue weighted by Gasteiger charge is -2.55. The van der Waals surface area contributed by atoms with Crippen molar-refractivity contribution in [3.05, 3.63) is 64.5 Å². The molecular formula is C22H25N3O3. The molecule has 1 atom stereocenters. The van der Waals surface area contributed by atoms with E-state index in [1.54, 1.807) is 19.2 Å². The number of nitrogens with zero attached hydrogens (tertiary/aromatic N) is 3. The minimum Gasteiger partial charge on any atom is -0.465 e. The van der Waals surface area contributed by atoms with Crippen LogP contribution >= 0.6 is 0 Å². The molecule has 146 valence electrons. The summed E-state index contributed by atoms with van der Waals surface area (Å²) in [6, 6.07) is 11.5. The van der Waals surface area contributed by atoms with Crippen molar-refractivity contribution < 1.29 is 15.0 Å². The molecule has 2 N–H and O–H groups in total. The molecule has 1 fully saturated rings. The number of aliphatic hydroxyl groups is 1. The highest BCUT2D eigenvalue weighted by atomic mass is 16.4. The molecule has 6 heteroatoms. The van der Waals surface area contributed by atoms with Crippen LogP contribution in [0.1, 0.15) is 54.6 Å². The SMILES string of the molecule is Cc1ncc([C@@](O)(c2ccc(C(C)C)cc2)C2(C)CN(C(=O)O)C2)cc1C#N. The Morgan fingerprint density at radius 2 is 1.89 bits per heavy atom. The number of aryl methyl sites for hydroxylation is 1. The molecule has 2 heterocycles.